The summed E-state index contributed by atoms with van der Waals surface area (Å²) in [7, 11) is 0. The Kier molecular flexibility index (Phi) is 4.30. The van der Waals surface area contributed by atoms with Crippen LogP contribution in [0.4, 0.5) is 17.1 Å². The third-order valence-electron chi connectivity index (χ3n) is 3.74. The van der Waals surface area contributed by atoms with Crippen LogP contribution in [0.15, 0.2) is 48.5 Å². The van der Waals surface area contributed by atoms with Crippen LogP contribution in [0.1, 0.15) is 11.3 Å². The van der Waals surface area contributed by atoms with Gasteiger partial charge in [-0.05, 0) is 42.8 Å². The second-order valence-corrected chi connectivity index (χ2v) is 5.76. The van der Waals surface area contributed by atoms with E-state index in [-0.39, 0.29) is 23.7 Å². The van der Waals surface area contributed by atoms with Gasteiger partial charge >= 0.3 is 0 Å². The molecular formula is C18H16N4O3. The zero-order valence-electron chi connectivity index (χ0n) is 13.5. The van der Waals surface area contributed by atoms with E-state index < -0.39 is 4.92 Å². The van der Waals surface area contributed by atoms with Crippen molar-refractivity contribution in [3.63, 3.8) is 0 Å². The van der Waals surface area contributed by atoms with Crippen molar-refractivity contribution in [2.45, 2.75) is 13.3 Å². The summed E-state index contributed by atoms with van der Waals surface area (Å²) < 4.78 is 0. The molecule has 0 atom stereocenters. The fourth-order valence-electron chi connectivity index (χ4n) is 2.54. The Morgan fingerprint density at radius 3 is 2.76 bits per heavy atom. The van der Waals surface area contributed by atoms with Crippen LogP contribution in [0.2, 0.25) is 0 Å². The molecule has 0 saturated heterocycles. The first-order valence-electron chi connectivity index (χ1n) is 7.62. The lowest BCUT2D eigenvalue weighted by atomic mass is 10.1. The first-order chi connectivity index (χ1) is 11.9. The van der Waals surface area contributed by atoms with Gasteiger partial charge in [0.25, 0.3) is 5.69 Å². The minimum Gasteiger partial charge on any atom is -0.399 e. The van der Waals surface area contributed by atoms with Crippen molar-refractivity contribution in [2.24, 2.45) is 0 Å². The normalized spacial score (nSPS) is 10.6. The lowest BCUT2D eigenvalue weighted by Gasteiger charge is -2.07. The van der Waals surface area contributed by atoms with Crippen molar-refractivity contribution < 1.29 is 9.72 Å². The molecule has 0 spiro atoms. The minimum absolute atomic E-state index is 0.0192. The molecule has 0 unspecified atom stereocenters. The number of hydrogen-bond acceptors (Lipinski definition) is 5. The van der Waals surface area contributed by atoms with Gasteiger partial charge in [0, 0.05) is 17.1 Å². The van der Waals surface area contributed by atoms with E-state index in [2.05, 4.69) is 10.3 Å². The number of fused-ring (bicyclic) bond motifs is 1. The number of pyridine rings is 1. The van der Waals surface area contributed by atoms with Gasteiger partial charge in [-0.15, -0.1) is 0 Å². The van der Waals surface area contributed by atoms with Gasteiger partial charge in [-0.25, -0.2) is 0 Å². The Hall–Kier alpha value is -3.48. The molecule has 25 heavy (non-hydrogen) atoms. The maximum Gasteiger partial charge on any atom is 0.293 e. The van der Waals surface area contributed by atoms with E-state index in [1.807, 2.05) is 12.1 Å². The standard InChI is InChI=1S/C18H16N4O3/c1-11-2-6-16(17(8-11)22(24)25)21-18(23)10-14-5-3-12-9-13(19)4-7-15(12)20-14/h2-9H,10,19H2,1H3,(H,21,23). The largest absolute Gasteiger partial charge is 0.399 e. The van der Waals surface area contributed by atoms with Gasteiger partial charge in [0.05, 0.1) is 22.6 Å². The van der Waals surface area contributed by atoms with E-state index in [0.717, 1.165) is 16.5 Å². The maximum absolute atomic E-state index is 12.2. The summed E-state index contributed by atoms with van der Waals surface area (Å²) in [4.78, 5) is 27.3. The van der Waals surface area contributed by atoms with Crippen LogP contribution < -0.4 is 11.1 Å². The number of nitrogens with one attached hydrogen (secondary N) is 1. The summed E-state index contributed by atoms with van der Waals surface area (Å²) >= 11 is 0. The van der Waals surface area contributed by atoms with Crippen LogP contribution in [0.5, 0.6) is 0 Å². The highest BCUT2D eigenvalue weighted by Crippen LogP contribution is 2.25. The van der Waals surface area contributed by atoms with Crippen molar-refractivity contribution in [1.29, 1.82) is 0 Å². The number of rotatable bonds is 4. The third kappa shape index (κ3) is 3.72. The molecule has 3 N–H and O–H groups in total. The van der Waals surface area contributed by atoms with Crippen LogP contribution in [0, 0.1) is 17.0 Å². The average molecular weight is 336 g/mol. The number of aryl methyl sites for hydroxylation is 1. The molecule has 7 nitrogen and oxygen atoms in total. The molecule has 0 aliphatic carbocycles. The molecule has 0 saturated carbocycles. The Morgan fingerprint density at radius 2 is 2.00 bits per heavy atom. The summed E-state index contributed by atoms with van der Waals surface area (Å²) in [5, 5.41) is 14.6. The number of nitrogens with two attached hydrogens (primary N) is 1. The fraction of sp³-hybridized carbons (Fsp3) is 0.111. The van der Waals surface area contributed by atoms with Gasteiger partial charge < -0.3 is 11.1 Å². The Bertz CT molecular complexity index is 985. The van der Waals surface area contributed by atoms with Crippen molar-refractivity contribution in [3.05, 3.63) is 69.9 Å². The molecule has 0 bridgehead atoms. The molecular weight excluding hydrogens is 320 g/mol. The Labute approximate surface area is 143 Å². The molecule has 0 aliphatic heterocycles. The van der Waals surface area contributed by atoms with Gasteiger partial charge in [-0.3, -0.25) is 19.9 Å². The van der Waals surface area contributed by atoms with Gasteiger partial charge in [-0.2, -0.15) is 0 Å². The van der Waals surface area contributed by atoms with Gasteiger partial charge in [0.1, 0.15) is 5.69 Å². The van der Waals surface area contributed by atoms with E-state index in [0.29, 0.717) is 11.4 Å². The first-order valence-corrected chi connectivity index (χ1v) is 7.62. The number of carbonyl (C=O) groups is 1. The molecule has 3 aromatic rings. The molecule has 126 valence electrons. The number of hydrogen-bond donors (Lipinski definition) is 2. The molecule has 0 aliphatic rings. The van der Waals surface area contributed by atoms with Crippen LogP contribution in [0.3, 0.4) is 0 Å². The summed E-state index contributed by atoms with van der Waals surface area (Å²) in [5.74, 6) is -0.366. The molecule has 1 heterocycles. The molecule has 1 aromatic heterocycles. The Balaban J connectivity index is 1.79. The summed E-state index contributed by atoms with van der Waals surface area (Å²) in [5.41, 5.74) is 8.48. The van der Waals surface area contributed by atoms with Crippen molar-refractivity contribution >= 4 is 33.9 Å². The van der Waals surface area contributed by atoms with Gasteiger partial charge in [0.2, 0.25) is 5.91 Å². The van der Waals surface area contributed by atoms with E-state index in [1.54, 1.807) is 31.2 Å². The summed E-state index contributed by atoms with van der Waals surface area (Å²) in [6.07, 6.45) is 0.0192. The fourth-order valence-corrected chi connectivity index (χ4v) is 2.54. The smallest absolute Gasteiger partial charge is 0.293 e. The molecule has 7 heteroatoms. The SMILES string of the molecule is Cc1ccc(NC(=O)Cc2ccc3cc(N)ccc3n2)c([N+](=O)[O-])c1. The second kappa shape index (κ2) is 6.56. The second-order valence-electron chi connectivity index (χ2n) is 5.76. The highest BCUT2D eigenvalue weighted by molar-refractivity contribution is 5.94. The summed E-state index contributed by atoms with van der Waals surface area (Å²) in [6.45, 7) is 1.75. The maximum atomic E-state index is 12.2. The van der Waals surface area contributed by atoms with Crippen molar-refractivity contribution in [2.75, 3.05) is 11.1 Å². The lowest BCUT2D eigenvalue weighted by molar-refractivity contribution is -0.384. The highest BCUT2D eigenvalue weighted by Gasteiger charge is 2.16. The number of amides is 1. The quantitative estimate of drug-likeness (QED) is 0.432. The Morgan fingerprint density at radius 1 is 1.20 bits per heavy atom. The molecule has 1 amide bonds. The van der Waals surface area contributed by atoms with Crippen LogP contribution >= 0.6 is 0 Å². The zero-order chi connectivity index (χ0) is 18.0. The first kappa shape index (κ1) is 16.4. The average Bonchev–Trinajstić information content (AvgIpc) is 2.56. The van der Waals surface area contributed by atoms with Crippen LogP contribution in [0.25, 0.3) is 10.9 Å². The monoisotopic (exact) mass is 336 g/mol. The number of aromatic nitrogens is 1. The van der Waals surface area contributed by atoms with Crippen LogP contribution in [-0.4, -0.2) is 15.8 Å². The number of nitro groups is 1. The van der Waals surface area contributed by atoms with Crippen molar-refractivity contribution in [3.8, 4) is 0 Å². The zero-order valence-corrected chi connectivity index (χ0v) is 13.5. The number of nitrogens with zero attached hydrogens (tertiary/aromatic N) is 2. The predicted molar refractivity (Wildman–Crippen MR) is 96.3 cm³/mol. The van der Waals surface area contributed by atoms with E-state index >= 15 is 0 Å². The summed E-state index contributed by atoms with van der Waals surface area (Å²) in [6, 6.07) is 13.6. The van der Waals surface area contributed by atoms with E-state index in [9.17, 15) is 14.9 Å². The van der Waals surface area contributed by atoms with E-state index in [1.165, 1.54) is 12.1 Å². The third-order valence-corrected chi connectivity index (χ3v) is 3.74. The number of carbonyl (C=O) groups excluding carboxylic acids is 1. The van der Waals surface area contributed by atoms with E-state index in [4.69, 9.17) is 5.73 Å². The van der Waals surface area contributed by atoms with Crippen molar-refractivity contribution in [1.82, 2.24) is 4.98 Å². The highest BCUT2D eigenvalue weighted by atomic mass is 16.6. The molecule has 3 rings (SSSR count). The molecule has 2 aromatic carbocycles. The van der Waals surface area contributed by atoms with Crippen LogP contribution in [-0.2, 0) is 11.2 Å². The number of benzene rings is 2. The number of nitrogen functional groups attached to an aromatic ring is 1. The number of nitro benzene ring substituents is 1. The van der Waals surface area contributed by atoms with Gasteiger partial charge in [0.15, 0.2) is 0 Å². The predicted octanol–water partition coefficient (Wildman–Crippen LogP) is 3.21. The minimum atomic E-state index is -0.513. The lowest BCUT2D eigenvalue weighted by Crippen LogP contribution is -2.16. The molecule has 0 fully saturated rings. The number of anilines is 2. The molecule has 0 radical (unpaired) electrons. The van der Waals surface area contributed by atoms with Gasteiger partial charge in [-0.1, -0.05) is 12.1 Å². The topological polar surface area (TPSA) is 111 Å².